The van der Waals surface area contributed by atoms with Crippen molar-refractivity contribution in [2.24, 2.45) is 0 Å². The van der Waals surface area contributed by atoms with Gasteiger partial charge in [-0.2, -0.15) is 0 Å². The van der Waals surface area contributed by atoms with Crippen molar-refractivity contribution < 1.29 is 9.53 Å². The first-order chi connectivity index (χ1) is 9.29. The molecule has 3 heteroatoms. The molecule has 1 aliphatic rings. The average Bonchev–Trinajstić information content (AvgIpc) is 2.45. The van der Waals surface area contributed by atoms with E-state index in [4.69, 9.17) is 4.74 Å². The third-order valence-electron chi connectivity index (χ3n) is 3.80. The number of benzene rings is 1. The van der Waals surface area contributed by atoms with Gasteiger partial charge in [0.15, 0.2) is 6.10 Å². The summed E-state index contributed by atoms with van der Waals surface area (Å²) in [6.07, 6.45) is 4.44. The summed E-state index contributed by atoms with van der Waals surface area (Å²) in [7, 11) is 1.62. The fourth-order valence-electron chi connectivity index (χ4n) is 2.71. The molecule has 0 aromatic heterocycles. The first kappa shape index (κ1) is 14.1. The Kier molecular flexibility index (Phi) is 4.97. The normalized spacial score (nSPS) is 22.4. The highest BCUT2D eigenvalue weighted by Crippen LogP contribution is 2.36. The van der Waals surface area contributed by atoms with Gasteiger partial charge in [0.25, 0.3) is 5.91 Å². The molecule has 1 aliphatic heterocycles. The Hall–Kier alpha value is -1.35. The minimum absolute atomic E-state index is 0.0975. The average molecular weight is 261 g/mol. The molecule has 1 saturated heterocycles. The van der Waals surface area contributed by atoms with Crippen LogP contribution in [0.2, 0.25) is 0 Å². The second-order valence-corrected chi connectivity index (χ2v) is 5.10. The van der Waals surface area contributed by atoms with Crippen molar-refractivity contribution in [2.75, 3.05) is 13.7 Å². The number of methoxy groups -OCH3 is 1. The highest BCUT2D eigenvalue weighted by Gasteiger charge is 2.47. The van der Waals surface area contributed by atoms with E-state index in [0.717, 1.165) is 13.0 Å². The minimum atomic E-state index is -0.298. The molecule has 19 heavy (non-hydrogen) atoms. The van der Waals surface area contributed by atoms with Gasteiger partial charge in [-0.25, -0.2) is 0 Å². The highest BCUT2D eigenvalue weighted by atomic mass is 16.5. The number of carbonyl (C=O) groups is 1. The second-order valence-electron chi connectivity index (χ2n) is 5.10. The zero-order chi connectivity index (χ0) is 13.7. The number of likely N-dealkylation sites (tertiary alicyclic amines) is 1. The maximum Gasteiger partial charge on any atom is 0.254 e. The van der Waals surface area contributed by atoms with Gasteiger partial charge < -0.3 is 9.64 Å². The van der Waals surface area contributed by atoms with Gasteiger partial charge in [0.05, 0.1) is 6.04 Å². The molecule has 0 bridgehead atoms. The van der Waals surface area contributed by atoms with Gasteiger partial charge in [0, 0.05) is 13.7 Å². The number of β-lactam (4-membered cyclic amide) rings is 1. The van der Waals surface area contributed by atoms with Crippen LogP contribution in [0.3, 0.4) is 0 Å². The Bertz CT molecular complexity index is 404. The summed E-state index contributed by atoms with van der Waals surface area (Å²) in [6.45, 7) is 3.04. The molecular weight excluding hydrogens is 238 g/mol. The summed E-state index contributed by atoms with van der Waals surface area (Å²) in [6, 6.07) is 10.3. The fourth-order valence-corrected chi connectivity index (χ4v) is 2.71. The Morgan fingerprint density at radius 3 is 2.53 bits per heavy atom. The summed E-state index contributed by atoms with van der Waals surface area (Å²) < 4.78 is 5.33. The van der Waals surface area contributed by atoms with Crippen molar-refractivity contribution in [1.82, 2.24) is 4.90 Å². The summed E-state index contributed by atoms with van der Waals surface area (Å²) in [5, 5.41) is 0. The molecule has 0 saturated carbocycles. The lowest BCUT2D eigenvalue weighted by molar-refractivity contribution is -0.171. The molecule has 0 N–H and O–H groups in total. The zero-order valence-electron chi connectivity index (χ0n) is 11.8. The molecule has 2 atom stereocenters. The van der Waals surface area contributed by atoms with Crippen molar-refractivity contribution in [3.05, 3.63) is 35.9 Å². The van der Waals surface area contributed by atoms with E-state index in [1.165, 1.54) is 24.8 Å². The SMILES string of the molecule is CCCCCCN1C(=O)[C@H](OC)[C@@H]1c1ccccc1. The zero-order valence-corrected chi connectivity index (χ0v) is 11.8. The van der Waals surface area contributed by atoms with Gasteiger partial charge >= 0.3 is 0 Å². The largest absolute Gasteiger partial charge is 0.369 e. The van der Waals surface area contributed by atoms with Crippen LogP contribution in [0.5, 0.6) is 0 Å². The number of nitrogens with zero attached hydrogens (tertiary/aromatic N) is 1. The van der Waals surface area contributed by atoms with Crippen LogP contribution in [0.15, 0.2) is 30.3 Å². The predicted octanol–water partition coefficient (Wildman–Crippen LogP) is 3.17. The Balaban J connectivity index is 1.99. The van der Waals surface area contributed by atoms with E-state index >= 15 is 0 Å². The Morgan fingerprint density at radius 2 is 1.89 bits per heavy atom. The van der Waals surface area contributed by atoms with Crippen LogP contribution in [-0.2, 0) is 9.53 Å². The monoisotopic (exact) mass is 261 g/mol. The lowest BCUT2D eigenvalue weighted by atomic mass is 9.90. The number of amides is 1. The van der Waals surface area contributed by atoms with Crippen LogP contribution >= 0.6 is 0 Å². The quantitative estimate of drug-likeness (QED) is 0.557. The Morgan fingerprint density at radius 1 is 1.16 bits per heavy atom. The number of ether oxygens (including phenoxy) is 1. The lowest BCUT2D eigenvalue weighted by Crippen LogP contribution is -2.59. The van der Waals surface area contributed by atoms with Crippen molar-refractivity contribution in [3.63, 3.8) is 0 Å². The molecule has 1 aromatic carbocycles. The molecule has 3 nitrogen and oxygen atoms in total. The van der Waals surface area contributed by atoms with Gasteiger partial charge in [-0.05, 0) is 12.0 Å². The van der Waals surface area contributed by atoms with Gasteiger partial charge in [-0.3, -0.25) is 4.79 Å². The first-order valence-electron chi connectivity index (χ1n) is 7.17. The number of hydrogen-bond acceptors (Lipinski definition) is 2. The van der Waals surface area contributed by atoms with Gasteiger partial charge in [0.1, 0.15) is 0 Å². The van der Waals surface area contributed by atoms with Gasteiger partial charge in [0.2, 0.25) is 0 Å². The van der Waals surface area contributed by atoms with E-state index in [0.29, 0.717) is 0 Å². The number of unbranched alkanes of at least 4 members (excludes halogenated alkanes) is 3. The third kappa shape index (κ3) is 2.98. The molecule has 1 heterocycles. The molecule has 0 aliphatic carbocycles. The van der Waals surface area contributed by atoms with Crippen LogP contribution in [0, 0.1) is 0 Å². The summed E-state index contributed by atoms with van der Waals surface area (Å²) in [4.78, 5) is 14.0. The van der Waals surface area contributed by atoms with Crippen molar-refractivity contribution >= 4 is 5.91 Å². The molecule has 0 radical (unpaired) electrons. The lowest BCUT2D eigenvalue weighted by Gasteiger charge is -2.46. The smallest absolute Gasteiger partial charge is 0.254 e. The summed E-state index contributed by atoms with van der Waals surface area (Å²) in [5.41, 5.74) is 1.17. The summed E-state index contributed by atoms with van der Waals surface area (Å²) >= 11 is 0. The number of hydrogen-bond donors (Lipinski definition) is 0. The van der Waals surface area contributed by atoms with Crippen molar-refractivity contribution in [1.29, 1.82) is 0 Å². The highest BCUT2D eigenvalue weighted by molar-refractivity contribution is 5.88. The molecular formula is C16H23NO2. The van der Waals surface area contributed by atoms with Crippen molar-refractivity contribution in [2.45, 2.75) is 44.8 Å². The molecule has 104 valence electrons. The van der Waals surface area contributed by atoms with Crippen LogP contribution in [0.1, 0.15) is 44.2 Å². The third-order valence-corrected chi connectivity index (χ3v) is 3.80. The Labute approximate surface area is 115 Å². The van der Waals surface area contributed by atoms with E-state index < -0.39 is 0 Å². The molecule has 1 aromatic rings. The number of rotatable bonds is 7. The molecule has 1 fully saturated rings. The molecule has 0 spiro atoms. The van der Waals surface area contributed by atoms with E-state index in [1.54, 1.807) is 7.11 Å². The van der Waals surface area contributed by atoms with Gasteiger partial charge in [-0.15, -0.1) is 0 Å². The van der Waals surface area contributed by atoms with E-state index in [2.05, 4.69) is 19.1 Å². The van der Waals surface area contributed by atoms with Gasteiger partial charge in [-0.1, -0.05) is 56.5 Å². The fraction of sp³-hybridized carbons (Fsp3) is 0.562. The molecule has 0 unspecified atom stereocenters. The van der Waals surface area contributed by atoms with E-state index in [1.807, 2.05) is 23.1 Å². The van der Waals surface area contributed by atoms with Crippen LogP contribution in [-0.4, -0.2) is 30.6 Å². The second kappa shape index (κ2) is 6.71. The first-order valence-corrected chi connectivity index (χ1v) is 7.17. The minimum Gasteiger partial charge on any atom is -0.369 e. The predicted molar refractivity (Wildman–Crippen MR) is 75.8 cm³/mol. The standard InChI is InChI=1S/C16H23NO2/c1-3-4-5-9-12-17-14(15(19-2)16(17)18)13-10-7-6-8-11-13/h6-8,10-11,14-15H,3-5,9,12H2,1-2H3/t14-,15+/m0/s1. The van der Waals surface area contributed by atoms with Crippen LogP contribution in [0.4, 0.5) is 0 Å². The summed E-state index contributed by atoms with van der Waals surface area (Å²) in [5.74, 6) is 0.132. The van der Waals surface area contributed by atoms with Crippen molar-refractivity contribution in [3.8, 4) is 0 Å². The molecule has 2 rings (SSSR count). The van der Waals surface area contributed by atoms with E-state index in [9.17, 15) is 4.79 Å². The maximum atomic E-state index is 12.0. The van der Waals surface area contributed by atoms with Crippen LogP contribution in [0.25, 0.3) is 0 Å². The topological polar surface area (TPSA) is 29.5 Å². The molecule has 1 amide bonds. The maximum absolute atomic E-state index is 12.0. The van der Waals surface area contributed by atoms with E-state index in [-0.39, 0.29) is 18.1 Å². The van der Waals surface area contributed by atoms with Crippen LogP contribution < -0.4 is 0 Å². The number of carbonyl (C=O) groups excluding carboxylic acids is 1.